The molecule has 0 aromatic carbocycles. The van der Waals surface area contributed by atoms with Gasteiger partial charge >= 0.3 is 0 Å². The lowest BCUT2D eigenvalue weighted by Gasteiger charge is -2.10. The Morgan fingerprint density at radius 2 is 1.62 bits per heavy atom. The van der Waals surface area contributed by atoms with Gasteiger partial charge < -0.3 is 0 Å². The molecule has 0 aromatic rings. The highest BCUT2D eigenvalue weighted by atomic mass is 14.8. The maximum absolute atomic E-state index is 4.41. The first-order chi connectivity index (χ1) is 5.83. The molecule has 0 amide bonds. The van der Waals surface area contributed by atoms with E-state index in [0.29, 0.717) is 12.0 Å². The van der Waals surface area contributed by atoms with E-state index >= 15 is 0 Å². The Kier molecular flexibility index (Phi) is 4.97. The van der Waals surface area contributed by atoms with Gasteiger partial charge in [-0.05, 0) is 24.3 Å². The summed E-state index contributed by atoms with van der Waals surface area (Å²) >= 11 is 0. The van der Waals surface area contributed by atoms with Crippen molar-refractivity contribution in [2.24, 2.45) is 16.3 Å². The predicted octanol–water partition coefficient (Wildman–Crippen LogP) is 3.70. The van der Waals surface area contributed by atoms with E-state index in [4.69, 9.17) is 0 Å². The second kappa shape index (κ2) is 5.21. The van der Waals surface area contributed by atoms with Gasteiger partial charge in [-0.2, -0.15) is 0 Å². The Hall–Kier alpha value is -0.590. The topological polar surface area (TPSA) is 12.4 Å². The number of hydrogen-bond donors (Lipinski definition) is 0. The van der Waals surface area contributed by atoms with Gasteiger partial charge in [0.2, 0.25) is 0 Å². The molecule has 1 unspecified atom stereocenters. The zero-order chi connectivity index (χ0) is 10.5. The minimum absolute atomic E-state index is 0.257. The summed E-state index contributed by atoms with van der Waals surface area (Å²) < 4.78 is 0. The molecule has 0 fully saturated rings. The molecule has 0 aliphatic rings. The molecule has 0 saturated heterocycles. The van der Waals surface area contributed by atoms with Crippen molar-refractivity contribution in [3.05, 3.63) is 12.2 Å². The summed E-state index contributed by atoms with van der Waals surface area (Å²) in [5.41, 5.74) is 0.257. The lowest BCUT2D eigenvalue weighted by molar-refractivity contribution is 0.532. The quantitative estimate of drug-likeness (QED) is 0.589. The SMILES string of the molecule is CC(C)C(C)/N=C\C=C/C(C)(C)C. The Labute approximate surface area is 83.0 Å². The van der Waals surface area contributed by atoms with Crippen LogP contribution in [0.25, 0.3) is 0 Å². The van der Waals surface area contributed by atoms with Crippen molar-refractivity contribution < 1.29 is 0 Å². The highest BCUT2D eigenvalue weighted by Crippen LogP contribution is 2.13. The molecule has 0 aromatic heterocycles. The minimum Gasteiger partial charge on any atom is -0.290 e. The first kappa shape index (κ1) is 12.4. The number of nitrogens with zero attached hydrogens (tertiary/aromatic N) is 1. The fourth-order valence-corrected chi connectivity index (χ4v) is 0.689. The molecule has 0 radical (unpaired) electrons. The third kappa shape index (κ3) is 7.76. The van der Waals surface area contributed by atoms with Crippen molar-refractivity contribution in [1.29, 1.82) is 0 Å². The average Bonchev–Trinajstić information content (AvgIpc) is 1.95. The summed E-state index contributed by atoms with van der Waals surface area (Å²) in [5.74, 6) is 0.624. The molecule has 0 rings (SSSR count). The second-order valence-electron chi connectivity index (χ2n) is 5.01. The van der Waals surface area contributed by atoms with Crippen LogP contribution in [-0.4, -0.2) is 12.3 Å². The molecule has 1 atom stereocenters. The number of hydrogen-bond acceptors (Lipinski definition) is 1. The number of allylic oxidation sites excluding steroid dienone is 2. The zero-order valence-electron chi connectivity index (χ0n) is 9.83. The molecule has 0 saturated carbocycles. The van der Waals surface area contributed by atoms with Crippen LogP contribution in [0.15, 0.2) is 17.1 Å². The largest absolute Gasteiger partial charge is 0.290 e. The highest BCUT2D eigenvalue weighted by molar-refractivity contribution is 5.71. The Bertz CT molecular complexity index is 182. The molecule has 0 spiro atoms. The average molecular weight is 181 g/mol. The first-order valence-corrected chi connectivity index (χ1v) is 5.04. The fraction of sp³-hybridized carbons (Fsp3) is 0.750. The van der Waals surface area contributed by atoms with Crippen molar-refractivity contribution in [3.63, 3.8) is 0 Å². The Morgan fingerprint density at radius 3 is 2.00 bits per heavy atom. The Balaban J connectivity index is 3.95. The smallest absolute Gasteiger partial charge is 0.0494 e. The van der Waals surface area contributed by atoms with Gasteiger partial charge in [0.15, 0.2) is 0 Å². The van der Waals surface area contributed by atoms with Crippen LogP contribution < -0.4 is 0 Å². The maximum atomic E-state index is 4.41. The van der Waals surface area contributed by atoms with Crippen molar-refractivity contribution in [2.75, 3.05) is 0 Å². The third-order valence-electron chi connectivity index (χ3n) is 1.97. The van der Waals surface area contributed by atoms with Crippen LogP contribution in [0.3, 0.4) is 0 Å². The molecule has 0 aliphatic carbocycles. The van der Waals surface area contributed by atoms with Crippen LogP contribution in [0.1, 0.15) is 41.5 Å². The van der Waals surface area contributed by atoms with Gasteiger partial charge in [-0.3, -0.25) is 4.99 Å². The van der Waals surface area contributed by atoms with Crippen LogP contribution in [0, 0.1) is 11.3 Å². The summed E-state index contributed by atoms with van der Waals surface area (Å²) in [7, 11) is 0. The summed E-state index contributed by atoms with van der Waals surface area (Å²) in [6.07, 6.45) is 6.12. The lowest BCUT2D eigenvalue weighted by atomic mass is 9.96. The minimum atomic E-state index is 0.257. The van der Waals surface area contributed by atoms with Crippen molar-refractivity contribution in [1.82, 2.24) is 0 Å². The van der Waals surface area contributed by atoms with Crippen molar-refractivity contribution >= 4 is 6.21 Å². The molecular formula is C12H23N. The van der Waals surface area contributed by atoms with Crippen molar-refractivity contribution in [2.45, 2.75) is 47.6 Å². The van der Waals surface area contributed by atoms with Gasteiger partial charge in [0.25, 0.3) is 0 Å². The molecule has 0 N–H and O–H groups in total. The van der Waals surface area contributed by atoms with Crippen LogP contribution >= 0.6 is 0 Å². The molecular weight excluding hydrogens is 158 g/mol. The van der Waals surface area contributed by atoms with Crippen LogP contribution in [-0.2, 0) is 0 Å². The first-order valence-electron chi connectivity index (χ1n) is 5.04. The van der Waals surface area contributed by atoms with Gasteiger partial charge in [-0.25, -0.2) is 0 Å². The summed E-state index contributed by atoms with van der Waals surface area (Å²) in [5, 5.41) is 0. The van der Waals surface area contributed by atoms with E-state index in [9.17, 15) is 0 Å². The highest BCUT2D eigenvalue weighted by Gasteiger charge is 2.03. The molecule has 1 nitrogen and oxygen atoms in total. The van der Waals surface area contributed by atoms with E-state index in [1.54, 1.807) is 0 Å². The molecule has 13 heavy (non-hydrogen) atoms. The van der Waals surface area contributed by atoms with Gasteiger partial charge in [0.05, 0.1) is 0 Å². The summed E-state index contributed by atoms with van der Waals surface area (Å²) in [4.78, 5) is 4.41. The van der Waals surface area contributed by atoms with Crippen molar-refractivity contribution in [3.8, 4) is 0 Å². The molecule has 0 heterocycles. The molecule has 0 aliphatic heterocycles. The van der Waals surface area contributed by atoms with Gasteiger partial charge in [0.1, 0.15) is 0 Å². The second-order valence-corrected chi connectivity index (χ2v) is 5.01. The lowest BCUT2D eigenvalue weighted by Crippen LogP contribution is -2.07. The maximum Gasteiger partial charge on any atom is 0.0494 e. The van der Waals surface area contributed by atoms with Crippen LogP contribution in [0.5, 0.6) is 0 Å². The van der Waals surface area contributed by atoms with Gasteiger partial charge in [0, 0.05) is 12.3 Å². The summed E-state index contributed by atoms with van der Waals surface area (Å²) in [6, 6.07) is 0.421. The number of aliphatic imine (C=N–C) groups is 1. The zero-order valence-corrected chi connectivity index (χ0v) is 9.83. The normalized spacial score (nSPS) is 16.2. The number of rotatable bonds is 3. The third-order valence-corrected chi connectivity index (χ3v) is 1.97. The van der Waals surface area contributed by atoms with Gasteiger partial charge in [-0.1, -0.05) is 40.7 Å². The van der Waals surface area contributed by atoms with E-state index in [-0.39, 0.29) is 5.41 Å². The van der Waals surface area contributed by atoms with E-state index in [0.717, 1.165) is 0 Å². The molecule has 76 valence electrons. The monoisotopic (exact) mass is 181 g/mol. The predicted molar refractivity (Wildman–Crippen MR) is 61.4 cm³/mol. The summed E-state index contributed by atoms with van der Waals surface area (Å²) in [6.45, 7) is 13.1. The van der Waals surface area contributed by atoms with E-state index in [1.807, 2.05) is 12.3 Å². The van der Waals surface area contributed by atoms with Gasteiger partial charge in [-0.15, -0.1) is 0 Å². The standard InChI is InChI=1S/C12H23N/c1-10(2)11(3)13-9-7-8-12(4,5)6/h7-11H,1-6H3/b8-7-,13-9-. The van der Waals surface area contributed by atoms with E-state index in [2.05, 4.69) is 52.6 Å². The van der Waals surface area contributed by atoms with Crippen LogP contribution in [0.2, 0.25) is 0 Å². The van der Waals surface area contributed by atoms with E-state index in [1.165, 1.54) is 0 Å². The fourth-order valence-electron chi connectivity index (χ4n) is 0.689. The van der Waals surface area contributed by atoms with Crippen LogP contribution in [0.4, 0.5) is 0 Å². The Morgan fingerprint density at radius 1 is 1.08 bits per heavy atom. The molecule has 0 bridgehead atoms. The molecule has 1 heteroatoms. The van der Waals surface area contributed by atoms with E-state index < -0.39 is 0 Å².